The molecule has 4 aromatic carbocycles. The lowest BCUT2D eigenvalue weighted by molar-refractivity contribution is 0.669. The summed E-state index contributed by atoms with van der Waals surface area (Å²) in [6.45, 7) is 2.10. The number of benzene rings is 4. The van der Waals surface area contributed by atoms with E-state index in [0.717, 1.165) is 27.8 Å². The lowest BCUT2D eigenvalue weighted by atomic mass is 9.94. The molecule has 0 atom stereocenters. The standard InChI is InChI=1S/C28H19NO/c1-18-7-6-16-29-28(18)20-9-4-8-19(17-20)21-11-5-12-23-22(21)14-15-26-27(23)24-10-2-3-13-25(24)30-26/h2-17H,1H3. The molecule has 0 aliphatic rings. The van der Waals surface area contributed by atoms with Crippen molar-refractivity contribution >= 4 is 32.7 Å². The summed E-state index contributed by atoms with van der Waals surface area (Å²) in [7, 11) is 0. The fraction of sp³-hybridized carbons (Fsp3) is 0.0357. The van der Waals surface area contributed by atoms with Gasteiger partial charge in [0.1, 0.15) is 11.2 Å². The van der Waals surface area contributed by atoms with Crippen LogP contribution in [-0.2, 0) is 0 Å². The maximum atomic E-state index is 6.09. The van der Waals surface area contributed by atoms with Crippen LogP contribution in [0.3, 0.4) is 0 Å². The maximum absolute atomic E-state index is 6.09. The summed E-state index contributed by atoms with van der Waals surface area (Å²) in [5, 5.41) is 4.79. The third-order valence-corrected chi connectivity index (χ3v) is 5.86. The van der Waals surface area contributed by atoms with Crippen molar-refractivity contribution in [3.63, 3.8) is 0 Å². The van der Waals surface area contributed by atoms with Crippen LogP contribution >= 0.6 is 0 Å². The molecule has 2 aromatic heterocycles. The quantitative estimate of drug-likeness (QED) is 0.304. The van der Waals surface area contributed by atoms with E-state index in [1.807, 2.05) is 24.4 Å². The van der Waals surface area contributed by atoms with Crippen molar-refractivity contribution in [1.82, 2.24) is 4.98 Å². The normalized spacial score (nSPS) is 11.5. The topological polar surface area (TPSA) is 26.0 Å². The summed E-state index contributed by atoms with van der Waals surface area (Å²) in [5.74, 6) is 0. The highest BCUT2D eigenvalue weighted by molar-refractivity contribution is 6.20. The number of aromatic nitrogens is 1. The zero-order valence-electron chi connectivity index (χ0n) is 16.6. The minimum atomic E-state index is 0.929. The predicted molar refractivity (Wildman–Crippen MR) is 125 cm³/mol. The molecule has 0 unspecified atom stereocenters. The van der Waals surface area contributed by atoms with E-state index in [9.17, 15) is 0 Å². The van der Waals surface area contributed by atoms with Crippen LogP contribution in [0.15, 0.2) is 102 Å². The molecule has 0 amide bonds. The average molecular weight is 385 g/mol. The van der Waals surface area contributed by atoms with Gasteiger partial charge in [-0.2, -0.15) is 0 Å². The molecular formula is C28H19NO. The van der Waals surface area contributed by atoms with Crippen LogP contribution in [0, 0.1) is 6.92 Å². The number of rotatable bonds is 2. The first-order chi connectivity index (χ1) is 14.8. The Morgan fingerprint density at radius 2 is 1.47 bits per heavy atom. The third-order valence-electron chi connectivity index (χ3n) is 5.86. The van der Waals surface area contributed by atoms with Crippen molar-refractivity contribution in [3.05, 3.63) is 103 Å². The van der Waals surface area contributed by atoms with Crippen molar-refractivity contribution in [2.24, 2.45) is 0 Å². The van der Waals surface area contributed by atoms with Crippen LogP contribution in [0.1, 0.15) is 5.56 Å². The summed E-state index contributed by atoms with van der Waals surface area (Å²) in [5.41, 5.74) is 7.61. The van der Waals surface area contributed by atoms with Gasteiger partial charge in [0, 0.05) is 22.5 Å². The van der Waals surface area contributed by atoms with Gasteiger partial charge in [-0.25, -0.2) is 0 Å². The van der Waals surface area contributed by atoms with Crippen molar-refractivity contribution in [1.29, 1.82) is 0 Å². The molecule has 2 heteroatoms. The number of hydrogen-bond acceptors (Lipinski definition) is 2. The van der Waals surface area contributed by atoms with Gasteiger partial charge in [0.05, 0.1) is 5.69 Å². The monoisotopic (exact) mass is 385 g/mol. The highest BCUT2D eigenvalue weighted by Crippen LogP contribution is 2.38. The van der Waals surface area contributed by atoms with Gasteiger partial charge >= 0.3 is 0 Å². The van der Waals surface area contributed by atoms with E-state index in [4.69, 9.17) is 4.42 Å². The molecule has 0 saturated heterocycles. The van der Waals surface area contributed by atoms with Crippen molar-refractivity contribution in [2.75, 3.05) is 0 Å². The molecular weight excluding hydrogens is 366 g/mol. The third kappa shape index (κ3) is 2.54. The van der Waals surface area contributed by atoms with E-state index in [1.54, 1.807) is 0 Å². The van der Waals surface area contributed by atoms with Crippen LogP contribution in [-0.4, -0.2) is 4.98 Å². The van der Waals surface area contributed by atoms with Crippen LogP contribution in [0.5, 0.6) is 0 Å². The smallest absolute Gasteiger partial charge is 0.136 e. The van der Waals surface area contributed by atoms with Gasteiger partial charge in [0.15, 0.2) is 0 Å². The first kappa shape index (κ1) is 17.0. The van der Waals surface area contributed by atoms with Crippen LogP contribution in [0.2, 0.25) is 0 Å². The maximum Gasteiger partial charge on any atom is 0.136 e. The number of pyridine rings is 1. The molecule has 30 heavy (non-hydrogen) atoms. The average Bonchev–Trinajstić information content (AvgIpc) is 3.18. The second kappa shape index (κ2) is 6.57. The molecule has 0 bridgehead atoms. The van der Waals surface area contributed by atoms with Gasteiger partial charge in [-0.15, -0.1) is 0 Å². The van der Waals surface area contributed by atoms with Gasteiger partial charge in [-0.3, -0.25) is 4.98 Å². The molecule has 6 rings (SSSR count). The van der Waals surface area contributed by atoms with E-state index >= 15 is 0 Å². The highest BCUT2D eigenvalue weighted by Gasteiger charge is 2.13. The SMILES string of the molecule is Cc1cccnc1-c1cccc(-c2cccc3c2ccc2oc4ccccc4c23)c1. The summed E-state index contributed by atoms with van der Waals surface area (Å²) in [4.78, 5) is 4.60. The minimum Gasteiger partial charge on any atom is -0.456 e. The van der Waals surface area contributed by atoms with E-state index in [0.29, 0.717) is 0 Å². The van der Waals surface area contributed by atoms with E-state index in [1.165, 1.54) is 32.8 Å². The largest absolute Gasteiger partial charge is 0.456 e. The first-order valence-corrected chi connectivity index (χ1v) is 10.1. The first-order valence-electron chi connectivity index (χ1n) is 10.1. The second-order valence-corrected chi connectivity index (χ2v) is 7.69. The molecule has 0 aliphatic carbocycles. The molecule has 2 nitrogen and oxygen atoms in total. The van der Waals surface area contributed by atoms with E-state index in [-0.39, 0.29) is 0 Å². The van der Waals surface area contributed by atoms with Gasteiger partial charge in [0.25, 0.3) is 0 Å². The Morgan fingerprint density at radius 1 is 0.633 bits per heavy atom. The number of nitrogens with zero attached hydrogens (tertiary/aromatic N) is 1. The Hall–Kier alpha value is -3.91. The Balaban J connectivity index is 1.61. The lowest BCUT2D eigenvalue weighted by Gasteiger charge is -2.10. The molecule has 0 saturated carbocycles. The number of aryl methyl sites for hydroxylation is 1. The Morgan fingerprint density at radius 3 is 2.40 bits per heavy atom. The molecule has 0 N–H and O–H groups in total. The minimum absolute atomic E-state index is 0.929. The summed E-state index contributed by atoms with van der Waals surface area (Å²) in [6.07, 6.45) is 1.85. The van der Waals surface area contributed by atoms with Crippen LogP contribution in [0.4, 0.5) is 0 Å². The van der Waals surface area contributed by atoms with Crippen LogP contribution in [0.25, 0.3) is 55.1 Å². The fourth-order valence-electron chi connectivity index (χ4n) is 4.46. The Labute approximate surface area is 174 Å². The zero-order valence-corrected chi connectivity index (χ0v) is 16.6. The molecule has 0 aliphatic heterocycles. The number of para-hydroxylation sites is 1. The van der Waals surface area contributed by atoms with Crippen molar-refractivity contribution < 1.29 is 4.42 Å². The Bertz CT molecular complexity index is 1560. The number of furan rings is 1. The van der Waals surface area contributed by atoms with Crippen molar-refractivity contribution in [3.8, 4) is 22.4 Å². The van der Waals surface area contributed by atoms with Gasteiger partial charge in [0.2, 0.25) is 0 Å². The zero-order chi connectivity index (χ0) is 20.1. The molecule has 2 heterocycles. The number of fused-ring (bicyclic) bond motifs is 5. The highest BCUT2D eigenvalue weighted by atomic mass is 16.3. The van der Waals surface area contributed by atoms with E-state index < -0.39 is 0 Å². The summed E-state index contributed by atoms with van der Waals surface area (Å²) in [6, 6.07) is 31.8. The van der Waals surface area contributed by atoms with Gasteiger partial charge in [-0.1, -0.05) is 66.7 Å². The summed E-state index contributed by atoms with van der Waals surface area (Å²) >= 11 is 0. The Kier molecular flexibility index (Phi) is 3.72. The molecule has 6 aromatic rings. The van der Waals surface area contributed by atoms with Gasteiger partial charge in [-0.05, 0) is 58.7 Å². The fourth-order valence-corrected chi connectivity index (χ4v) is 4.46. The number of hydrogen-bond donors (Lipinski definition) is 0. The molecule has 0 radical (unpaired) electrons. The molecule has 142 valence electrons. The lowest BCUT2D eigenvalue weighted by Crippen LogP contribution is -1.88. The van der Waals surface area contributed by atoms with Crippen LogP contribution < -0.4 is 0 Å². The van der Waals surface area contributed by atoms with E-state index in [2.05, 4.69) is 84.7 Å². The van der Waals surface area contributed by atoms with Gasteiger partial charge < -0.3 is 4.42 Å². The second-order valence-electron chi connectivity index (χ2n) is 7.69. The summed E-state index contributed by atoms with van der Waals surface area (Å²) < 4.78 is 6.09. The van der Waals surface area contributed by atoms with Crippen molar-refractivity contribution in [2.45, 2.75) is 6.92 Å². The molecule has 0 fully saturated rings. The predicted octanol–water partition coefficient (Wildman–Crippen LogP) is 7.78. The molecule has 0 spiro atoms.